The zero-order valence-electron chi connectivity index (χ0n) is 8.09. The Kier molecular flexibility index (Phi) is 4.60. The summed E-state index contributed by atoms with van der Waals surface area (Å²) in [4.78, 5) is 21.3. The number of nitrogens with one attached hydrogen (secondary N) is 1. The molecule has 0 aromatic heterocycles. The number of rotatable bonds is 4. The van der Waals surface area contributed by atoms with E-state index in [1.807, 2.05) is 6.07 Å². The van der Waals surface area contributed by atoms with E-state index in [-0.39, 0.29) is 5.91 Å². The number of hydrogen-bond donors (Lipinski definition) is 1. The highest BCUT2D eigenvalue weighted by Crippen LogP contribution is 1.97. The molecule has 0 saturated carbocycles. The van der Waals surface area contributed by atoms with Gasteiger partial charge in [-0.25, -0.2) is 0 Å². The zero-order chi connectivity index (χ0) is 10.9. The Bertz CT molecular complexity index is 380. The fourth-order valence-corrected chi connectivity index (χ4v) is 0.962. The third-order valence-electron chi connectivity index (χ3n) is 1.65. The number of carbonyl (C=O) groups is 2. The molecule has 0 unspecified atom stereocenters. The fraction of sp³-hybridized carbons (Fsp3) is 0. The minimum Gasteiger partial charge on any atom is -0.329 e. The van der Waals surface area contributed by atoms with Crippen molar-refractivity contribution in [2.24, 2.45) is 0 Å². The lowest BCUT2D eigenvalue weighted by molar-refractivity contribution is -0.104. The van der Waals surface area contributed by atoms with Gasteiger partial charge in [0.1, 0.15) is 6.29 Å². The van der Waals surface area contributed by atoms with Gasteiger partial charge in [0.25, 0.3) is 5.91 Å². The summed E-state index contributed by atoms with van der Waals surface area (Å²) < 4.78 is 0. The van der Waals surface area contributed by atoms with Crippen LogP contribution in [0.3, 0.4) is 0 Å². The van der Waals surface area contributed by atoms with E-state index in [4.69, 9.17) is 0 Å². The number of amides is 1. The second-order valence-corrected chi connectivity index (χ2v) is 2.72. The molecule has 0 fully saturated rings. The Balaban J connectivity index is 2.47. The lowest BCUT2D eigenvalue weighted by atomic mass is 10.2. The molecule has 3 nitrogen and oxygen atoms in total. The fourth-order valence-electron chi connectivity index (χ4n) is 0.962. The summed E-state index contributed by atoms with van der Waals surface area (Å²) in [6.07, 6.45) is 6.61. The van der Waals surface area contributed by atoms with Gasteiger partial charge >= 0.3 is 0 Å². The third kappa shape index (κ3) is 4.04. The highest BCUT2D eigenvalue weighted by molar-refractivity contribution is 5.94. The van der Waals surface area contributed by atoms with Gasteiger partial charge in [0.2, 0.25) is 0 Å². The number of benzene rings is 1. The Morgan fingerprint density at radius 3 is 2.47 bits per heavy atom. The first-order valence-corrected chi connectivity index (χ1v) is 4.47. The van der Waals surface area contributed by atoms with Crippen LogP contribution in [0, 0.1) is 0 Å². The topological polar surface area (TPSA) is 46.2 Å². The molecule has 0 radical (unpaired) electrons. The van der Waals surface area contributed by atoms with Gasteiger partial charge < -0.3 is 5.32 Å². The molecule has 0 atom stereocenters. The molecule has 1 aromatic rings. The smallest absolute Gasteiger partial charge is 0.255 e. The summed E-state index contributed by atoms with van der Waals surface area (Å²) in [6.45, 7) is 0. The first-order valence-electron chi connectivity index (χ1n) is 4.47. The SMILES string of the molecule is O=C/C=C/C=C/NC(=O)c1ccccc1. The molecule has 1 amide bonds. The maximum Gasteiger partial charge on any atom is 0.255 e. The minimum atomic E-state index is -0.175. The normalized spacial score (nSPS) is 10.7. The van der Waals surface area contributed by atoms with Crippen molar-refractivity contribution in [1.82, 2.24) is 5.32 Å². The summed E-state index contributed by atoms with van der Waals surface area (Å²) >= 11 is 0. The molecule has 76 valence electrons. The Hall–Kier alpha value is -2.16. The molecule has 1 N–H and O–H groups in total. The Morgan fingerprint density at radius 1 is 1.07 bits per heavy atom. The van der Waals surface area contributed by atoms with Crippen molar-refractivity contribution in [1.29, 1.82) is 0 Å². The molecule has 0 bridgehead atoms. The van der Waals surface area contributed by atoms with Crippen LogP contribution in [0.25, 0.3) is 0 Å². The van der Waals surface area contributed by atoms with E-state index < -0.39 is 0 Å². The standard InChI is InChI=1S/C12H11NO2/c14-10-6-2-5-9-13-12(15)11-7-3-1-4-8-11/h1-10H,(H,13,15)/b6-2+,9-5+. The lowest BCUT2D eigenvalue weighted by Gasteiger charge is -1.97. The van der Waals surface area contributed by atoms with Gasteiger partial charge in [-0.05, 0) is 24.3 Å². The average molecular weight is 201 g/mol. The predicted molar refractivity (Wildman–Crippen MR) is 58.3 cm³/mol. The van der Waals surface area contributed by atoms with Crippen molar-refractivity contribution in [3.8, 4) is 0 Å². The molecule has 1 aromatic carbocycles. The number of hydrogen-bond acceptors (Lipinski definition) is 2. The van der Waals surface area contributed by atoms with Crippen molar-refractivity contribution in [3.05, 3.63) is 60.3 Å². The van der Waals surface area contributed by atoms with Crippen LogP contribution in [-0.2, 0) is 4.79 Å². The number of carbonyl (C=O) groups excluding carboxylic acids is 2. The van der Waals surface area contributed by atoms with E-state index in [2.05, 4.69) is 5.32 Å². The first kappa shape index (κ1) is 10.9. The molecule has 0 saturated heterocycles. The molecule has 3 heteroatoms. The monoisotopic (exact) mass is 201 g/mol. The summed E-state index contributed by atoms with van der Waals surface area (Å²) in [7, 11) is 0. The van der Waals surface area contributed by atoms with E-state index in [1.54, 1.807) is 30.3 Å². The van der Waals surface area contributed by atoms with Crippen LogP contribution in [0.1, 0.15) is 10.4 Å². The van der Waals surface area contributed by atoms with Gasteiger partial charge in [0.05, 0.1) is 0 Å². The molecule has 15 heavy (non-hydrogen) atoms. The third-order valence-corrected chi connectivity index (χ3v) is 1.65. The van der Waals surface area contributed by atoms with Crippen molar-refractivity contribution in [2.75, 3.05) is 0 Å². The molecule has 0 aliphatic heterocycles. The maximum atomic E-state index is 11.4. The quantitative estimate of drug-likeness (QED) is 0.457. The maximum absolute atomic E-state index is 11.4. The van der Waals surface area contributed by atoms with Crippen molar-refractivity contribution in [2.45, 2.75) is 0 Å². The van der Waals surface area contributed by atoms with Gasteiger partial charge in [-0.2, -0.15) is 0 Å². The predicted octanol–water partition coefficient (Wildman–Crippen LogP) is 1.69. The van der Waals surface area contributed by atoms with E-state index in [1.165, 1.54) is 18.4 Å². The van der Waals surface area contributed by atoms with Crippen molar-refractivity contribution in [3.63, 3.8) is 0 Å². The molecular formula is C12H11NO2. The molecule has 0 aliphatic rings. The van der Waals surface area contributed by atoms with Crippen LogP contribution in [0.5, 0.6) is 0 Å². The van der Waals surface area contributed by atoms with Crippen LogP contribution in [-0.4, -0.2) is 12.2 Å². The van der Waals surface area contributed by atoms with Crippen LogP contribution >= 0.6 is 0 Å². The number of aldehydes is 1. The lowest BCUT2D eigenvalue weighted by Crippen LogP contribution is -2.16. The van der Waals surface area contributed by atoms with Crippen molar-refractivity contribution < 1.29 is 9.59 Å². The van der Waals surface area contributed by atoms with Gasteiger partial charge in [0, 0.05) is 11.8 Å². The van der Waals surface area contributed by atoms with E-state index >= 15 is 0 Å². The summed E-state index contributed by atoms with van der Waals surface area (Å²) in [5.41, 5.74) is 0.599. The van der Waals surface area contributed by atoms with Crippen LogP contribution < -0.4 is 5.32 Å². The zero-order valence-corrected chi connectivity index (χ0v) is 8.09. The van der Waals surface area contributed by atoms with E-state index in [0.717, 1.165) is 0 Å². The molecular weight excluding hydrogens is 190 g/mol. The van der Waals surface area contributed by atoms with E-state index in [9.17, 15) is 9.59 Å². The Morgan fingerprint density at radius 2 is 1.80 bits per heavy atom. The van der Waals surface area contributed by atoms with Crippen LogP contribution in [0.2, 0.25) is 0 Å². The van der Waals surface area contributed by atoms with Crippen LogP contribution in [0.4, 0.5) is 0 Å². The molecule has 0 heterocycles. The van der Waals surface area contributed by atoms with Gasteiger partial charge in [-0.1, -0.05) is 24.3 Å². The van der Waals surface area contributed by atoms with Crippen molar-refractivity contribution >= 4 is 12.2 Å². The van der Waals surface area contributed by atoms with Gasteiger partial charge in [-0.15, -0.1) is 0 Å². The summed E-state index contributed by atoms with van der Waals surface area (Å²) in [6, 6.07) is 8.89. The minimum absolute atomic E-state index is 0.175. The summed E-state index contributed by atoms with van der Waals surface area (Å²) in [5, 5.41) is 2.57. The largest absolute Gasteiger partial charge is 0.329 e. The molecule has 0 aliphatic carbocycles. The second-order valence-electron chi connectivity index (χ2n) is 2.72. The average Bonchev–Trinajstić information content (AvgIpc) is 2.30. The highest BCUT2D eigenvalue weighted by Gasteiger charge is 1.99. The first-order chi connectivity index (χ1) is 7.34. The highest BCUT2D eigenvalue weighted by atomic mass is 16.1. The molecule has 1 rings (SSSR count). The second kappa shape index (κ2) is 6.32. The van der Waals surface area contributed by atoms with Gasteiger partial charge in [-0.3, -0.25) is 9.59 Å². The van der Waals surface area contributed by atoms with E-state index in [0.29, 0.717) is 11.8 Å². The number of allylic oxidation sites excluding steroid dienone is 3. The summed E-state index contributed by atoms with van der Waals surface area (Å²) in [5.74, 6) is -0.175. The van der Waals surface area contributed by atoms with Crippen LogP contribution in [0.15, 0.2) is 54.8 Å². The van der Waals surface area contributed by atoms with Gasteiger partial charge in [0.15, 0.2) is 0 Å². The molecule has 0 spiro atoms. The Labute approximate surface area is 88.1 Å².